The van der Waals surface area contributed by atoms with Gasteiger partial charge in [-0.2, -0.15) is 0 Å². The molecule has 0 bridgehead atoms. The number of nitrogens with zero attached hydrogens (tertiary/aromatic N) is 2. The fraction of sp³-hybridized carbons (Fsp3) is 0.682. The number of nitrogens with one attached hydrogen (secondary N) is 1. The molecular formula is C22H29N3O4S2. The number of carbonyl (C=O) groups is 1. The lowest BCUT2D eigenvalue weighted by Crippen LogP contribution is -2.33. The summed E-state index contributed by atoms with van der Waals surface area (Å²) in [6.45, 7) is 2.58. The molecule has 2 atom stereocenters. The zero-order valence-corrected chi connectivity index (χ0v) is 19.3. The van der Waals surface area contributed by atoms with Gasteiger partial charge in [0.1, 0.15) is 4.83 Å². The highest BCUT2D eigenvalue weighted by molar-refractivity contribution is 7.99. The van der Waals surface area contributed by atoms with Crippen molar-refractivity contribution < 1.29 is 14.3 Å². The zero-order valence-electron chi connectivity index (χ0n) is 17.7. The molecule has 2 fully saturated rings. The molecule has 7 nitrogen and oxygen atoms in total. The Bertz CT molecular complexity index is 1010. The fourth-order valence-electron chi connectivity index (χ4n) is 4.70. The first-order valence-corrected chi connectivity index (χ1v) is 13.2. The first kappa shape index (κ1) is 21.4. The lowest BCUT2D eigenvalue weighted by atomic mass is 9.97. The minimum absolute atomic E-state index is 0.0298. The third kappa shape index (κ3) is 4.69. The number of thioether (sulfide) groups is 1. The van der Waals surface area contributed by atoms with Crippen LogP contribution in [0.3, 0.4) is 0 Å². The third-order valence-corrected chi connectivity index (χ3v) is 8.50. The SMILES string of the molecule is O=C(CSc1nc2sc3c(c2c(=O)n1C[C@H]1CCCO1)CCCC3)NC[C@H]1CCCO1. The van der Waals surface area contributed by atoms with Gasteiger partial charge in [-0.3, -0.25) is 14.2 Å². The van der Waals surface area contributed by atoms with E-state index >= 15 is 0 Å². The number of aromatic nitrogens is 2. The van der Waals surface area contributed by atoms with Crippen molar-refractivity contribution in [3.63, 3.8) is 0 Å². The number of rotatable bonds is 7. The number of ether oxygens (including phenoxy) is 2. The van der Waals surface area contributed by atoms with Gasteiger partial charge in [-0.05, 0) is 56.9 Å². The van der Waals surface area contributed by atoms with E-state index in [2.05, 4.69) is 5.32 Å². The summed E-state index contributed by atoms with van der Waals surface area (Å²) >= 11 is 3.00. The van der Waals surface area contributed by atoms with Gasteiger partial charge < -0.3 is 14.8 Å². The summed E-state index contributed by atoms with van der Waals surface area (Å²) in [4.78, 5) is 33.0. The summed E-state index contributed by atoms with van der Waals surface area (Å²) in [7, 11) is 0. The van der Waals surface area contributed by atoms with Crippen LogP contribution < -0.4 is 10.9 Å². The number of hydrogen-bond acceptors (Lipinski definition) is 7. The minimum atomic E-state index is -0.0519. The maximum Gasteiger partial charge on any atom is 0.263 e. The van der Waals surface area contributed by atoms with E-state index in [1.54, 1.807) is 15.9 Å². The van der Waals surface area contributed by atoms with Gasteiger partial charge in [-0.1, -0.05) is 11.8 Å². The third-order valence-electron chi connectivity index (χ3n) is 6.33. The van der Waals surface area contributed by atoms with Crippen molar-refractivity contribution in [1.82, 2.24) is 14.9 Å². The molecule has 3 aliphatic rings. The van der Waals surface area contributed by atoms with Crippen molar-refractivity contribution >= 4 is 39.2 Å². The second-order valence-electron chi connectivity index (χ2n) is 8.56. The fourth-order valence-corrected chi connectivity index (χ4v) is 6.84. The second kappa shape index (κ2) is 9.60. The molecule has 168 valence electrons. The standard InChI is InChI=1S/C22H29N3O4S2/c26-18(23-11-14-5-3-9-28-14)13-30-22-24-20-19(16-7-1-2-8-17(16)31-20)21(27)25(22)12-15-6-4-10-29-15/h14-15H,1-13H2,(H,23,26)/t14-,15-/m1/s1. The molecule has 0 spiro atoms. The van der Waals surface area contributed by atoms with Gasteiger partial charge in [0.2, 0.25) is 5.91 Å². The molecular weight excluding hydrogens is 434 g/mol. The van der Waals surface area contributed by atoms with Crippen LogP contribution in [0, 0.1) is 0 Å². The van der Waals surface area contributed by atoms with Crippen molar-refractivity contribution in [3.05, 3.63) is 20.8 Å². The first-order chi connectivity index (χ1) is 15.2. The molecule has 1 N–H and O–H groups in total. The molecule has 1 amide bonds. The van der Waals surface area contributed by atoms with E-state index < -0.39 is 0 Å². The Morgan fingerprint density at radius 2 is 1.90 bits per heavy atom. The van der Waals surface area contributed by atoms with Gasteiger partial charge in [-0.25, -0.2) is 4.98 Å². The van der Waals surface area contributed by atoms with Crippen LogP contribution >= 0.6 is 23.1 Å². The van der Waals surface area contributed by atoms with Crippen molar-refractivity contribution in [2.24, 2.45) is 0 Å². The summed E-state index contributed by atoms with van der Waals surface area (Å²) in [6.07, 6.45) is 8.50. The smallest absolute Gasteiger partial charge is 0.263 e. The Morgan fingerprint density at radius 1 is 1.13 bits per heavy atom. The Balaban J connectivity index is 1.38. The molecule has 5 rings (SSSR count). The molecule has 1 aliphatic carbocycles. The van der Waals surface area contributed by atoms with Gasteiger partial charge in [0.05, 0.1) is 29.9 Å². The van der Waals surface area contributed by atoms with E-state index in [1.165, 1.54) is 28.6 Å². The van der Waals surface area contributed by atoms with Crippen LogP contribution in [-0.4, -0.2) is 53.2 Å². The maximum absolute atomic E-state index is 13.6. The molecule has 0 radical (unpaired) electrons. The Hall–Kier alpha value is -1.42. The molecule has 2 aromatic heterocycles. The number of carbonyl (C=O) groups excluding carboxylic acids is 1. The van der Waals surface area contributed by atoms with Crippen LogP contribution in [-0.2, 0) is 33.7 Å². The van der Waals surface area contributed by atoms with Crippen LogP contribution in [0.5, 0.6) is 0 Å². The van der Waals surface area contributed by atoms with Gasteiger partial charge in [0.15, 0.2) is 5.16 Å². The van der Waals surface area contributed by atoms with Crippen LogP contribution in [0.1, 0.15) is 49.0 Å². The molecule has 2 aromatic rings. The molecule has 9 heteroatoms. The summed E-state index contributed by atoms with van der Waals surface area (Å²) < 4.78 is 13.1. The van der Waals surface area contributed by atoms with Crippen molar-refractivity contribution in [2.75, 3.05) is 25.5 Å². The number of aryl methyl sites for hydroxylation is 2. The quantitative estimate of drug-likeness (QED) is 0.502. The van der Waals surface area contributed by atoms with E-state index in [0.29, 0.717) is 18.2 Å². The van der Waals surface area contributed by atoms with Gasteiger partial charge in [0.25, 0.3) is 5.56 Å². The highest BCUT2D eigenvalue weighted by atomic mass is 32.2. The second-order valence-corrected chi connectivity index (χ2v) is 10.6. The van der Waals surface area contributed by atoms with Crippen LogP contribution in [0.2, 0.25) is 0 Å². The number of hydrogen-bond donors (Lipinski definition) is 1. The minimum Gasteiger partial charge on any atom is -0.376 e. The van der Waals surface area contributed by atoms with E-state index in [0.717, 1.165) is 68.4 Å². The Kier molecular flexibility index (Phi) is 6.64. The summed E-state index contributed by atoms with van der Waals surface area (Å²) in [5.41, 5.74) is 1.23. The molecule has 2 aliphatic heterocycles. The van der Waals surface area contributed by atoms with Crippen LogP contribution in [0.4, 0.5) is 0 Å². The van der Waals surface area contributed by atoms with Crippen LogP contribution in [0.15, 0.2) is 9.95 Å². The lowest BCUT2D eigenvalue weighted by molar-refractivity contribution is -0.119. The van der Waals surface area contributed by atoms with Gasteiger partial charge >= 0.3 is 0 Å². The number of thiophene rings is 1. The molecule has 4 heterocycles. The van der Waals surface area contributed by atoms with Crippen molar-refractivity contribution in [3.8, 4) is 0 Å². The normalized spacial score (nSPS) is 23.4. The average Bonchev–Trinajstić information content (AvgIpc) is 3.53. The lowest BCUT2D eigenvalue weighted by Gasteiger charge is -2.16. The van der Waals surface area contributed by atoms with Gasteiger partial charge in [0, 0.05) is 24.6 Å². The average molecular weight is 464 g/mol. The van der Waals surface area contributed by atoms with E-state index in [4.69, 9.17) is 14.5 Å². The monoisotopic (exact) mass is 463 g/mol. The topological polar surface area (TPSA) is 82.5 Å². The summed E-state index contributed by atoms with van der Waals surface area (Å²) in [5, 5.41) is 4.38. The number of fused-ring (bicyclic) bond motifs is 3. The Morgan fingerprint density at radius 3 is 2.68 bits per heavy atom. The molecule has 0 aromatic carbocycles. The van der Waals surface area contributed by atoms with E-state index in [-0.39, 0.29) is 29.4 Å². The van der Waals surface area contributed by atoms with Gasteiger partial charge in [-0.15, -0.1) is 11.3 Å². The van der Waals surface area contributed by atoms with Crippen molar-refractivity contribution in [2.45, 2.75) is 75.3 Å². The highest BCUT2D eigenvalue weighted by Gasteiger charge is 2.25. The molecule has 31 heavy (non-hydrogen) atoms. The first-order valence-electron chi connectivity index (χ1n) is 11.4. The summed E-state index contributed by atoms with van der Waals surface area (Å²) in [5.74, 6) is 0.186. The molecule has 0 unspecified atom stereocenters. The van der Waals surface area contributed by atoms with Crippen molar-refractivity contribution in [1.29, 1.82) is 0 Å². The summed E-state index contributed by atoms with van der Waals surface area (Å²) in [6, 6.07) is 0. The highest BCUT2D eigenvalue weighted by Crippen LogP contribution is 2.35. The molecule has 0 saturated carbocycles. The maximum atomic E-state index is 13.6. The predicted octanol–water partition coefficient (Wildman–Crippen LogP) is 2.90. The van der Waals surface area contributed by atoms with E-state index in [9.17, 15) is 9.59 Å². The predicted molar refractivity (Wildman–Crippen MR) is 122 cm³/mol. The Labute approximate surface area is 189 Å². The molecule has 2 saturated heterocycles. The number of amides is 1. The van der Waals surface area contributed by atoms with Crippen LogP contribution in [0.25, 0.3) is 10.2 Å². The van der Waals surface area contributed by atoms with E-state index in [1.807, 2.05) is 0 Å². The largest absolute Gasteiger partial charge is 0.376 e. The zero-order chi connectivity index (χ0) is 21.2.